The molecule has 0 aromatic heterocycles. The first-order valence-corrected chi connectivity index (χ1v) is 7.84. The molecule has 5 nitrogen and oxygen atoms in total. The molecule has 1 atom stereocenters. The zero-order chi connectivity index (χ0) is 15.1. The maximum atomic E-state index is 12.7. The summed E-state index contributed by atoms with van der Waals surface area (Å²) in [5, 5.41) is 0. The predicted octanol–water partition coefficient (Wildman–Crippen LogP) is 2.09. The van der Waals surface area contributed by atoms with Crippen molar-refractivity contribution in [2.24, 2.45) is 0 Å². The summed E-state index contributed by atoms with van der Waals surface area (Å²) in [6, 6.07) is 6.30. The SMILES string of the molecule is COC(=O)C[C@H]1c2ccccc2S(=O)(=O)N1C(C)(C)C. The minimum absolute atomic E-state index is 0.0179. The van der Waals surface area contributed by atoms with Gasteiger partial charge in [0.25, 0.3) is 0 Å². The van der Waals surface area contributed by atoms with E-state index in [4.69, 9.17) is 4.74 Å². The summed E-state index contributed by atoms with van der Waals surface area (Å²) in [5.41, 5.74) is 0.0455. The fourth-order valence-electron chi connectivity index (χ4n) is 2.65. The number of hydrogen-bond donors (Lipinski definition) is 0. The van der Waals surface area contributed by atoms with Crippen molar-refractivity contribution in [3.63, 3.8) is 0 Å². The Morgan fingerprint density at radius 1 is 1.30 bits per heavy atom. The van der Waals surface area contributed by atoms with Crippen LogP contribution in [0.15, 0.2) is 29.2 Å². The van der Waals surface area contributed by atoms with Gasteiger partial charge in [0, 0.05) is 5.54 Å². The van der Waals surface area contributed by atoms with Crippen molar-refractivity contribution in [2.75, 3.05) is 7.11 Å². The Morgan fingerprint density at radius 2 is 1.90 bits per heavy atom. The lowest BCUT2D eigenvalue weighted by Crippen LogP contribution is -2.44. The number of esters is 1. The lowest BCUT2D eigenvalue weighted by Gasteiger charge is -2.34. The summed E-state index contributed by atoms with van der Waals surface area (Å²) in [6.45, 7) is 5.46. The zero-order valence-corrected chi connectivity index (χ0v) is 12.9. The number of rotatable bonds is 2. The standard InChI is InChI=1S/C14H19NO4S/c1-14(2,3)15-11(9-13(16)19-4)10-7-5-6-8-12(10)20(15,17)18/h5-8,11H,9H2,1-4H3/t11-/m0/s1. The van der Waals surface area contributed by atoms with E-state index < -0.39 is 27.6 Å². The Balaban J connectivity index is 2.59. The Kier molecular flexibility index (Phi) is 3.64. The lowest BCUT2D eigenvalue weighted by atomic mass is 9.99. The lowest BCUT2D eigenvalue weighted by molar-refractivity contribution is -0.141. The quantitative estimate of drug-likeness (QED) is 0.784. The van der Waals surface area contributed by atoms with Crippen molar-refractivity contribution in [3.05, 3.63) is 29.8 Å². The molecule has 6 heteroatoms. The van der Waals surface area contributed by atoms with Gasteiger partial charge < -0.3 is 4.74 Å². The number of carbonyl (C=O) groups excluding carboxylic acids is 1. The second kappa shape index (κ2) is 4.86. The average molecular weight is 297 g/mol. The molecule has 1 aromatic carbocycles. The monoisotopic (exact) mass is 297 g/mol. The van der Waals surface area contributed by atoms with Crippen molar-refractivity contribution in [3.8, 4) is 0 Å². The highest BCUT2D eigenvalue weighted by molar-refractivity contribution is 7.89. The van der Waals surface area contributed by atoms with Gasteiger partial charge in [0.15, 0.2) is 0 Å². The van der Waals surface area contributed by atoms with E-state index in [1.807, 2.05) is 20.8 Å². The molecule has 20 heavy (non-hydrogen) atoms. The fraction of sp³-hybridized carbons (Fsp3) is 0.500. The maximum Gasteiger partial charge on any atom is 0.307 e. The molecule has 0 fully saturated rings. The fourth-order valence-corrected chi connectivity index (χ4v) is 4.86. The molecule has 0 N–H and O–H groups in total. The molecular weight excluding hydrogens is 278 g/mol. The smallest absolute Gasteiger partial charge is 0.307 e. The minimum Gasteiger partial charge on any atom is -0.469 e. The second-order valence-corrected chi connectivity index (χ2v) is 7.59. The number of nitrogens with zero attached hydrogens (tertiary/aromatic N) is 1. The highest BCUT2D eigenvalue weighted by Gasteiger charge is 2.48. The van der Waals surface area contributed by atoms with Gasteiger partial charge in [-0.15, -0.1) is 0 Å². The summed E-state index contributed by atoms with van der Waals surface area (Å²) in [5.74, 6) is -0.420. The number of carbonyl (C=O) groups is 1. The van der Waals surface area contributed by atoms with Crippen LogP contribution in [0.2, 0.25) is 0 Å². The van der Waals surface area contributed by atoms with Crippen LogP contribution in [0.25, 0.3) is 0 Å². The van der Waals surface area contributed by atoms with Crippen LogP contribution in [0, 0.1) is 0 Å². The van der Waals surface area contributed by atoms with Gasteiger partial charge in [-0.25, -0.2) is 8.42 Å². The van der Waals surface area contributed by atoms with E-state index in [0.29, 0.717) is 5.56 Å². The van der Waals surface area contributed by atoms with Crippen LogP contribution in [0.3, 0.4) is 0 Å². The highest BCUT2D eigenvalue weighted by Crippen LogP contribution is 2.45. The van der Waals surface area contributed by atoms with Gasteiger partial charge in [0.2, 0.25) is 10.0 Å². The average Bonchev–Trinajstić information content (AvgIpc) is 2.57. The van der Waals surface area contributed by atoms with E-state index in [1.165, 1.54) is 11.4 Å². The Bertz CT molecular complexity index is 631. The Hall–Kier alpha value is -1.40. The van der Waals surface area contributed by atoms with Crippen molar-refractivity contribution < 1.29 is 17.9 Å². The van der Waals surface area contributed by atoms with Crippen molar-refractivity contribution in [1.82, 2.24) is 4.31 Å². The number of sulfonamides is 1. The molecule has 1 heterocycles. The van der Waals surface area contributed by atoms with Gasteiger partial charge in [-0.1, -0.05) is 18.2 Å². The number of ether oxygens (including phenoxy) is 1. The molecule has 0 unspecified atom stereocenters. The molecule has 0 amide bonds. The van der Waals surface area contributed by atoms with Gasteiger partial charge in [0.1, 0.15) is 0 Å². The van der Waals surface area contributed by atoms with E-state index >= 15 is 0 Å². The van der Waals surface area contributed by atoms with E-state index in [1.54, 1.807) is 24.3 Å². The summed E-state index contributed by atoms with van der Waals surface area (Å²) in [7, 11) is -2.28. The van der Waals surface area contributed by atoms with Crippen molar-refractivity contribution >= 4 is 16.0 Å². The molecular formula is C14H19NO4S. The second-order valence-electron chi connectivity index (χ2n) is 5.81. The first-order chi connectivity index (χ1) is 9.19. The van der Waals surface area contributed by atoms with Crippen LogP contribution in [0.5, 0.6) is 0 Å². The van der Waals surface area contributed by atoms with Gasteiger partial charge in [0.05, 0.1) is 24.5 Å². The molecule has 110 valence electrons. The topological polar surface area (TPSA) is 63.7 Å². The van der Waals surface area contributed by atoms with Crippen molar-refractivity contribution in [1.29, 1.82) is 0 Å². The largest absolute Gasteiger partial charge is 0.469 e. The van der Waals surface area contributed by atoms with E-state index in [9.17, 15) is 13.2 Å². The highest BCUT2D eigenvalue weighted by atomic mass is 32.2. The van der Waals surface area contributed by atoms with Crippen LogP contribution in [-0.2, 0) is 19.6 Å². The predicted molar refractivity (Wildman–Crippen MR) is 74.6 cm³/mol. The molecule has 1 aliphatic heterocycles. The van der Waals surface area contributed by atoms with E-state index in [-0.39, 0.29) is 11.3 Å². The molecule has 0 radical (unpaired) electrons. The molecule has 1 aliphatic rings. The third kappa shape index (κ3) is 2.33. The first-order valence-electron chi connectivity index (χ1n) is 6.40. The number of fused-ring (bicyclic) bond motifs is 1. The first kappa shape index (κ1) is 15.0. The third-order valence-corrected chi connectivity index (χ3v) is 5.59. The maximum absolute atomic E-state index is 12.7. The normalized spacial score (nSPS) is 21.5. The molecule has 0 spiro atoms. The molecule has 0 bridgehead atoms. The number of methoxy groups -OCH3 is 1. The van der Waals surface area contributed by atoms with Crippen LogP contribution in [0.1, 0.15) is 38.8 Å². The molecule has 2 rings (SSSR count). The summed E-state index contributed by atoms with van der Waals surface area (Å²) in [4.78, 5) is 11.9. The van der Waals surface area contributed by atoms with E-state index in [2.05, 4.69) is 0 Å². The zero-order valence-electron chi connectivity index (χ0n) is 12.1. The molecule has 1 aromatic rings. The summed E-state index contributed by atoms with van der Waals surface area (Å²) >= 11 is 0. The van der Waals surface area contributed by atoms with Crippen molar-refractivity contribution in [2.45, 2.75) is 43.7 Å². The number of hydrogen-bond acceptors (Lipinski definition) is 4. The third-order valence-electron chi connectivity index (χ3n) is 3.35. The van der Waals surface area contributed by atoms with Gasteiger partial charge >= 0.3 is 5.97 Å². The Labute approximate surface area is 119 Å². The molecule has 0 saturated heterocycles. The van der Waals surface area contributed by atoms with Crippen LogP contribution >= 0.6 is 0 Å². The van der Waals surface area contributed by atoms with Crippen LogP contribution in [0.4, 0.5) is 0 Å². The molecule has 0 aliphatic carbocycles. The van der Waals surface area contributed by atoms with Gasteiger partial charge in [-0.2, -0.15) is 4.31 Å². The molecule has 0 saturated carbocycles. The van der Waals surface area contributed by atoms with E-state index in [0.717, 1.165) is 0 Å². The van der Waals surface area contributed by atoms with Crippen LogP contribution in [-0.4, -0.2) is 31.3 Å². The van der Waals surface area contributed by atoms with Gasteiger partial charge in [-0.3, -0.25) is 4.79 Å². The van der Waals surface area contributed by atoms with Gasteiger partial charge in [-0.05, 0) is 32.4 Å². The summed E-state index contributed by atoms with van der Waals surface area (Å²) in [6.07, 6.45) is 0.0179. The summed E-state index contributed by atoms with van der Waals surface area (Å²) < 4.78 is 31.5. The Morgan fingerprint density at radius 3 is 2.45 bits per heavy atom. The number of benzene rings is 1. The minimum atomic E-state index is -3.58. The van der Waals surface area contributed by atoms with Crippen LogP contribution < -0.4 is 0 Å².